The molecule has 0 radical (unpaired) electrons. The number of carboxylic acid groups (broad SMARTS) is 1. The summed E-state index contributed by atoms with van der Waals surface area (Å²) in [6, 6.07) is 3.16. The van der Waals surface area contributed by atoms with Gasteiger partial charge in [0.05, 0.1) is 11.5 Å². The van der Waals surface area contributed by atoms with Crippen LogP contribution in [-0.4, -0.2) is 35.2 Å². The lowest BCUT2D eigenvalue weighted by atomic mass is 9.99. The molecule has 1 aromatic carbocycles. The van der Waals surface area contributed by atoms with Crippen LogP contribution in [0.4, 0.5) is 10.1 Å². The second-order valence-corrected chi connectivity index (χ2v) is 4.36. The molecule has 0 aliphatic carbocycles. The van der Waals surface area contributed by atoms with Crippen molar-refractivity contribution >= 4 is 11.7 Å². The molecule has 1 aromatic rings. The van der Waals surface area contributed by atoms with Gasteiger partial charge in [-0.3, -0.25) is 14.9 Å². The van der Waals surface area contributed by atoms with Gasteiger partial charge >= 0.3 is 11.7 Å². The van der Waals surface area contributed by atoms with Gasteiger partial charge in [0, 0.05) is 18.6 Å². The van der Waals surface area contributed by atoms with Gasteiger partial charge in [-0.05, 0) is 20.0 Å². The van der Waals surface area contributed by atoms with Crippen LogP contribution in [0.1, 0.15) is 13.3 Å². The summed E-state index contributed by atoms with van der Waals surface area (Å²) in [5.41, 5.74) is -1.79. The Labute approximate surface area is 114 Å². The third-order valence-electron chi connectivity index (χ3n) is 3.01. The molecule has 0 aliphatic rings. The van der Waals surface area contributed by atoms with Gasteiger partial charge < -0.3 is 15.2 Å². The highest BCUT2D eigenvalue weighted by Gasteiger charge is 2.30. The zero-order valence-corrected chi connectivity index (χ0v) is 11.1. The molecular formula is C12H15FN2O5. The van der Waals surface area contributed by atoms with Crippen LogP contribution in [0.3, 0.4) is 0 Å². The number of likely N-dealkylation sites (N-methyl/N-ethyl adjacent to an activating group) is 1. The van der Waals surface area contributed by atoms with E-state index in [1.54, 1.807) is 0 Å². The number of rotatable bonds is 7. The van der Waals surface area contributed by atoms with E-state index in [9.17, 15) is 19.3 Å². The van der Waals surface area contributed by atoms with Crippen molar-refractivity contribution in [2.24, 2.45) is 0 Å². The molecule has 1 unspecified atom stereocenters. The van der Waals surface area contributed by atoms with Crippen LogP contribution >= 0.6 is 0 Å². The lowest BCUT2D eigenvalue weighted by Gasteiger charge is -2.23. The first-order valence-corrected chi connectivity index (χ1v) is 5.79. The van der Waals surface area contributed by atoms with E-state index >= 15 is 0 Å². The Kier molecular flexibility index (Phi) is 4.98. The average Bonchev–Trinajstić information content (AvgIpc) is 2.37. The molecule has 0 spiro atoms. The number of nitro groups is 1. The third kappa shape index (κ3) is 3.64. The Hall–Kier alpha value is -2.22. The Balaban J connectivity index is 2.65. The van der Waals surface area contributed by atoms with Crippen molar-refractivity contribution in [3.63, 3.8) is 0 Å². The fourth-order valence-electron chi connectivity index (χ4n) is 1.44. The van der Waals surface area contributed by atoms with E-state index in [2.05, 4.69) is 5.32 Å². The van der Waals surface area contributed by atoms with Crippen molar-refractivity contribution in [2.75, 3.05) is 13.7 Å². The second kappa shape index (κ2) is 6.29. The second-order valence-electron chi connectivity index (χ2n) is 4.36. The molecule has 0 amide bonds. The molecule has 0 bridgehead atoms. The summed E-state index contributed by atoms with van der Waals surface area (Å²) >= 11 is 0. The van der Waals surface area contributed by atoms with E-state index in [1.807, 2.05) is 0 Å². The zero-order chi connectivity index (χ0) is 15.3. The van der Waals surface area contributed by atoms with Crippen LogP contribution in [-0.2, 0) is 4.79 Å². The smallest absolute Gasteiger partial charge is 0.323 e. The Morgan fingerprint density at radius 1 is 1.60 bits per heavy atom. The standard InChI is InChI=1S/C12H15FN2O5/c1-12(14-2,11(16)17)5-6-20-8-3-4-10(15(18)19)9(13)7-8/h3-4,7,14H,5-6H2,1-2H3,(H,16,17). The number of benzene rings is 1. The van der Waals surface area contributed by atoms with Crippen molar-refractivity contribution in [2.45, 2.75) is 18.9 Å². The first-order valence-electron chi connectivity index (χ1n) is 5.79. The number of carboxylic acids is 1. The van der Waals surface area contributed by atoms with Gasteiger partial charge in [0.2, 0.25) is 5.82 Å². The van der Waals surface area contributed by atoms with Crippen LogP contribution < -0.4 is 10.1 Å². The topological polar surface area (TPSA) is 102 Å². The minimum absolute atomic E-state index is 0.0287. The van der Waals surface area contributed by atoms with Crippen molar-refractivity contribution in [1.82, 2.24) is 5.32 Å². The molecule has 0 heterocycles. The van der Waals surface area contributed by atoms with Gasteiger partial charge in [-0.25, -0.2) is 0 Å². The number of ether oxygens (including phenoxy) is 1. The van der Waals surface area contributed by atoms with Crippen LogP contribution in [0.25, 0.3) is 0 Å². The predicted molar refractivity (Wildman–Crippen MR) is 68.3 cm³/mol. The SMILES string of the molecule is CNC(C)(CCOc1ccc([N+](=O)[O-])c(F)c1)C(=O)O. The van der Waals surface area contributed by atoms with E-state index < -0.39 is 27.9 Å². The summed E-state index contributed by atoms with van der Waals surface area (Å²) in [4.78, 5) is 20.6. The molecule has 0 aromatic heterocycles. The monoisotopic (exact) mass is 286 g/mol. The quantitative estimate of drug-likeness (QED) is 0.582. The number of hydrogen-bond acceptors (Lipinski definition) is 5. The van der Waals surface area contributed by atoms with Gasteiger partial charge in [0.15, 0.2) is 0 Å². The van der Waals surface area contributed by atoms with Crippen LogP contribution in [0.2, 0.25) is 0 Å². The first kappa shape index (κ1) is 15.8. The maximum atomic E-state index is 13.3. The van der Waals surface area contributed by atoms with Crippen LogP contribution in [0.15, 0.2) is 18.2 Å². The Bertz CT molecular complexity index is 523. The molecular weight excluding hydrogens is 271 g/mol. The van der Waals surface area contributed by atoms with E-state index in [1.165, 1.54) is 20.0 Å². The normalized spacial score (nSPS) is 13.6. The summed E-state index contributed by atoms with van der Waals surface area (Å²) in [5.74, 6) is -1.92. The summed E-state index contributed by atoms with van der Waals surface area (Å²) < 4.78 is 18.5. The van der Waals surface area contributed by atoms with Crippen molar-refractivity contribution in [1.29, 1.82) is 0 Å². The number of nitro benzene ring substituents is 1. The molecule has 8 heteroatoms. The Morgan fingerprint density at radius 3 is 2.70 bits per heavy atom. The Morgan fingerprint density at radius 2 is 2.25 bits per heavy atom. The van der Waals surface area contributed by atoms with Crippen LogP contribution in [0.5, 0.6) is 5.75 Å². The molecule has 110 valence electrons. The summed E-state index contributed by atoms with van der Waals surface area (Å²) in [6.45, 7) is 1.52. The van der Waals surface area contributed by atoms with Gasteiger partial charge in [-0.2, -0.15) is 4.39 Å². The summed E-state index contributed by atoms with van der Waals surface area (Å²) in [7, 11) is 1.51. The fourth-order valence-corrected chi connectivity index (χ4v) is 1.44. The van der Waals surface area contributed by atoms with Gasteiger partial charge in [0.1, 0.15) is 11.3 Å². The highest BCUT2D eigenvalue weighted by molar-refractivity contribution is 5.78. The molecule has 1 atom stereocenters. The van der Waals surface area contributed by atoms with E-state index in [-0.39, 0.29) is 18.8 Å². The largest absolute Gasteiger partial charge is 0.493 e. The number of aliphatic carboxylic acids is 1. The number of nitrogens with zero attached hydrogens (tertiary/aromatic N) is 1. The van der Waals surface area contributed by atoms with Gasteiger partial charge in [-0.15, -0.1) is 0 Å². The lowest BCUT2D eigenvalue weighted by Crippen LogP contribution is -2.48. The first-order chi connectivity index (χ1) is 9.30. The van der Waals surface area contributed by atoms with Crippen molar-refractivity contribution in [3.8, 4) is 5.75 Å². The predicted octanol–water partition coefficient (Wildman–Crippen LogP) is 1.57. The average molecular weight is 286 g/mol. The summed E-state index contributed by atoms with van der Waals surface area (Å²) in [5, 5.41) is 22.1. The van der Waals surface area contributed by atoms with E-state index in [4.69, 9.17) is 9.84 Å². The van der Waals surface area contributed by atoms with Gasteiger partial charge in [-0.1, -0.05) is 0 Å². The fraction of sp³-hybridized carbons (Fsp3) is 0.417. The molecule has 20 heavy (non-hydrogen) atoms. The number of nitrogens with one attached hydrogen (secondary N) is 1. The summed E-state index contributed by atoms with van der Waals surface area (Å²) in [6.07, 6.45) is 0.150. The molecule has 0 fully saturated rings. The minimum atomic E-state index is -1.15. The van der Waals surface area contributed by atoms with Gasteiger partial charge in [0.25, 0.3) is 0 Å². The number of hydrogen-bond donors (Lipinski definition) is 2. The molecule has 0 saturated carbocycles. The van der Waals surface area contributed by atoms with Crippen molar-refractivity contribution in [3.05, 3.63) is 34.1 Å². The van der Waals surface area contributed by atoms with Crippen molar-refractivity contribution < 1.29 is 24.0 Å². The molecule has 7 nitrogen and oxygen atoms in total. The number of carbonyl (C=O) groups is 1. The van der Waals surface area contributed by atoms with E-state index in [0.717, 1.165) is 12.1 Å². The molecule has 1 rings (SSSR count). The highest BCUT2D eigenvalue weighted by atomic mass is 19.1. The zero-order valence-electron chi connectivity index (χ0n) is 11.1. The molecule has 0 aliphatic heterocycles. The van der Waals surface area contributed by atoms with Crippen LogP contribution in [0, 0.1) is 15.9 Å². The highest BCUT2D eigenvalue weighted by Crippen LogP contribution is 2.22. The molecule has 0 saturated heterocycles. The third-order valence-corrected chi connectivity index (χ3v) is 3.01. The minimum Gasteiger partial charge on any atom is -0.493 e. The maximum absolute atomic E-state index is 13.3. The maximum Gasteiger partial charge on any atom is 0.323 e. The number of halogens is 1. The lowest BCUT2D eigenvalue weighted by molar-refractivity contribution is -0.387. The molecule has 2 N–H and O–H groups in total. The van der Waals surface area contributed by atoms with E-state index in [0.29, 0.717) is 0 Å².